The third-order valence-electron chi connectivity index (χ3n) is 4.45. The fourth-order valence-corrected chi connectivity index (χ4v) is 4.14. The number of sulfonamides is 1. The van der Waals surface area contributed by atoms with Crippen molar-refractivity contribution in [2.45, 2.75) is 31.6 Å². The van der Waals surface area contributed by atoms with Crippen molar-refractivity contribution < 1.29 is 13.2 Å². The normalized spacial score (nSPS) is 17.8. The summed E-state index contributed by atoms with van der Waals surface area (Å²) in [7, 11) is -3.67. The summed E-state index contributed by atoms with van der Waals surface area (Å²) in [4.78, 5) is 6.75. The van der Waals surface area contributed by atoms with Crippen LogP contribution in [0, 0.1) is 5.92 Å². The van der Waals surface area contributed by atoms with Crippen LogP contribution in [-0.4, -0.2) is 33.1 Å². The van der Waals surface area contributed by atoms with E-state index >= 15 is 0 Å². The average molecular weight is 375 g/mol. The zero-order valence-electron chi connectivity index (χ0n) is 15.2. The zero-order valence-corrected chi connectivity index (χ0v) is 16.0. The highest BCUT2D eigenvalue weighted by Crippen LogP contribution is 2.24. The van der Waals surface area contributed by atoms with Crippen LogP contribution in [0.5, 0.6) is 5.75 Å². The molecule has 1 fully saturated rings. The number of anilines is 2. The summed E-state index contributed by atoms with van der Waals surface area (Å²) in [5.41, 5.74) is 1.03. The van der Waals surface area contributed by atoms with Gasteiger partial charge in [-0.2, -0.15) is 0 Å². The third-order valence-corrected chi connectivity index (χ3v) is 5.82. The highest BCUT2D eigenvalue weighted by Gasteiger charge is 2.18. The first kappa shape index (κ1) is 18.5. The number of piperidine rings is 1. The number of hydrogen-bond acceptors (Lipinski definition) is 5. The van der Waals surface area contributed by atoms with Gasteiger partial charge in [0.25, 0.3) is 10.0 Å². The Kier molecular flexibility index (Phi) is 5.66. The van der Waals surface area contributed by atoms with Crippen molar-refractivity contribution in [2.24, 2.45) is 5.92 Å². The van der Waals surface area contributed by atoms with Gasteiger partial charge in [-0.25, -0.2) is 13.4 Å². The summed E-state index contributed by atoms with van der Waals surface area (Å²) in [6.07, 6.45) is 4.16. The van der Waals surface area contributed by atoms with Crippen molar-refractivity contribution in [1.82, 2.24) is 4.98 Å². The Morgan fingerprint density at radius 3 is 2.62 bits per heavy atom. The molecule has 140 valence electrons. The molecule has 1 saturated heterocycles. The molecule has 26 heavy (non-hydrogen) atoms. The second kappa shape index (κ2) is 7.95. The van der Waals surface area contributed by atoms with Gasteiger partial charge < -0.3 is 9.64 Å². The molecule has 1 unspecified atom stereocenters. The van der Waals surface area contributed by atoms with Gasteiger partial charge in [-0.1, -0.05) is 6.92 Å². The van der Waals surface area contributed by atoms with Crippen molar-refractivity contribution in [3.63, 3.8) is 0 Å². The highest BCUT2D eigenvalue weighted by molar-refractivity contribution is 7.92. The molecule has 1 aromatic carbocycles. The SMILES string of the molecule is CCOc1ccc(S(=O)(=O)Nc2ccc(N3CCCC(C)C3)cn2)cc1. The zero-order chi connectivity index (χ0) is 18.6. The molecule has 0 radical (unpaired) electrons. The summed E-state index contributed by atoms with van der Waals surface area (Å²) in [6, 6.07) is 9.97. The summed E-state index contributed by atoms with van der Waals surface area (Å²) in [6.45, 7) is 6.70. The molecule has 6 nitrogen and oxygen atoms in total. The van der Waals surface area contributed by atoms with Gasteiger partial charge in [0.1, 0.15) is 11.6 Å². The maximum atomic E-state index is 12.5. The van der Waals surface area contributed by atoms with E-state index in [2.05, 4.69) is 21.5 Å². The van der Waals surface area contributed by atoms with Crippen LogP contribution in [0.4, 0.5) is 11.5 Å². The van der Waals surface area contributed by atoms with Crippen LogP contribution in [-0.2, 0) is 10.0 Å². The van der Waals surface area contributed by atoms with E-state index in [0.717, 1.165) is 18.8 Å². The van der Waals surface area contributed by atoms with Gasteiger partial charge in [0.15, 0.2) is 0 Å². The summed E-state index contributed by atoms with van der Waals surface area (Å²) >= 11 is 0. The minimum absolute atomic E-state index is 0.177. The summed E-state index contributed by atoms with van der Waals surface area (Å²) in [5, 5.41) is 0. The number of hydrogen-bond donors (Lipinski definition) is 1. The van der Waals surface area contributed by atoms with Gasteiger partial charge >= 0.3 is 0 Å². The largest absolute Gasteiger partial charge is 0.494 e. The minimum Gasteiger partial charge on any atom is -0.494 e. The lowest BCUT2D eigenvalue weighted by molar-refractivity contribution is 0.340. The number of nitrogens with one attached hydrogen (secondary N) is 1. The topological polar surface area (TPSA) is 71.5 Å². The van der Waals surface area contributed by atoms with Crippen LogP contribution >= 0.6 is 0 Å². The Hall–Kier alpha value is -2.28. The maximum Gasteiger partial charge on any atom is 0.263 e. The summed E-state index contributed by atoms with van der Waals surface area (Å²) < 4.78 is 32.9. The quantitative estimate of drug-likeness (QED) is 0.836. The van der Waals surface area contributed by atoms with Crippen LogP contribution in [0.15, 0.2) is 47.5 Å². The molecular weight excluding hydrogens is 350 g/mol. The monoisotopic (exact) mass is 375 g/mol. The van der Waals surface area contributed by atoms with E-state index in [1.54, 1.807) is 24.4 Å². The van der Waals surface area contributed by atoms with Crippen LogP contribution in [0.3, 0.4) is 0 Å². The predicted octanol–water partition coefficient (Wildman–Crippen LogP) is 3.52. The minimum atomic E-state index is -3.67. The number of ether oxygens (including phenoxy) is 1. The van der Waals surface area contributed by atoms with Crippen molar-refractivity contribution in [1.29, 1.82) is 0 Å². The third kappa shape index (κ3) is 4.46. The molecule has 1 atom stereocenters. The summed E-state index contributed by atoms with van der Waals surface area (Å²) in [5.74, 6) is 1.62. The lowest BCUT2D eigenvalue weighted by Gasteiger charge is -2.32. The molecule has 1 aromatic heterocycles. The molecular formula is C19H25N3O3S. The van der Waals surface area contributed by atoms with Crippen molar-refractivity contribution in [3.8, 4) is 5.75 Å². The Morgan fingerprint density at radius 1 is 1.23 bits per heavy atom. The lowest BCUT2D eigenvalue weighted by Crippen LogP contribution is -2.34. The van der Waals surface area contributed by atoms with E-state index in [-0.39, 0.29) is 4.90 Å². The first-order valence-corrected chi connectivity index (χ1v) is 10.4. The molecule has 0 spiro atoms. The van der Waals surface area contributed by atoms with E-state index in [9.17, 15) is 8.42 Å². The maximum absolute atomic E-state index is 12.5. The van der Waals surface area contributed by atoms with Gasteiger partial charge in [0.05, 0.1) is 23.4 Å². The van der Waals surface area contributed by atoms with Gasteiger partial charge in [0, 0.05) is 13.1 Å². The smallest absolute Gasteiger partial charge is 0.263 e. The van der Waals surface area contributed by atoms with Crippen molar-refractivity contribution in [3.05, 3.63) is 42.6 Å². The molecule has 0 amide bonds. The second-order valence-electron chi connectivity index (χ2n) is 6.60. The highest BCUT2D eigenvalue weighted by atomic mass is 32.2. The van der Waals surface area contributed by atoms with Crippen LogP contribution in [0.1, 0.15) is 26.7 Å². The van der Waals surface area contributed by atoms with E-state index in [1.165, 1.54) is 25.0 Å². The Morgan fingerprint density at radius 2 is 2.00 bits per heavy atom. The number of benzene rings is 1. The van der Waals surface area contributed by atoms with Crippen molar-refractivity contribution in [2.75, 3.05) is 29.3 Å². The van der Waals surface area contributed by atoms with E-state index in [1.807, 2.05) is 13.0 Å². The fourth-order valence-electron chi connectivity index (χ4n) is 3.14. The predicted molar refractivity (Wildman–Crippen MR) is 103 cm³/mol. The Labute approximate surface area is 155 Å². The molecule has 0 bridgehead atoms. The van der Waals surface area contributed by atoms with Crippen LogP contribution < -0.4 is 14.4 Å². The Balaban J connectivity index is 1.69. The molecule has 2 aromatic rings. The second-order valence-corrected chi connectivity index (χ2v) is 8.29. The van der Waals surface area contributed by atoms with Gasteiger partial charge in [-0.05, 0) is 62.1 Å². The average Bonchev–Trinajstić information content (AvgIpc) is 2.63. The van der Waals surface area contributed by atoms with Gasteiger partial charge in [0.2, 0.25) is 0 Å². The van der Waals surface area contributed by atoms with Gasteiger partial charge in [-0.3, -0.25) is 4.72 Å². The van der Waals surface area contributed by atoms with E-state index < -0.39 is 10.0 Å². The van der Waals surface area contributed by atoms with Crippen molar-refractivity contribution >= 4 is 21.5 Å². The van der Waals surface area contributed by atoms with E-state index in [0.29, 0.717) is 24.1 Å². The molecule has 1 N–H and O–H groups in total. The van der Waals surface area contributed by atoms with Crippen LogP contribution in [0.2, 0.25) is 0 Å². The lowest BCUT2D eigenvalue weighted by atomic mass is 10.00. The Bertz CT molecular complexity index is 820. The number of rotatable bonds is 6. The first-order chi connectivity index (χ1) is 12.5. The standard InChI is InChI=1S/C19H25N3O3S/c1-3-25-17-7-9-18(10-8-17)26(23,24)21-19-11-6-16(13-20-19)22-12-4-5-15(2)14-22/h6-11,13,15H,3-5,12,14H2,1-2H3,(H,20,21). The fraction of sp³-hybridized carbons (Fsp3) is 0.421. The molecule has 2 heterocycles. The molecule has 0 saturated carbocycles. The van der Waals surface area contributed by atoms with E-state index in [4.69, 9.17) is 4.74 Å². The van der Waals surface area contributed by atoms with Crippen LogP contribution in [0.25, 0.3) is 0 Å². The number of nitrogens with zero attached hydrogens (tertiary/aromatic N) is 2. The number of aromatic nitrogens is 1. The molecule has 7 heteroatoms. The molecule has 1 aliphatic rings. The molecule has 3 rings (SSSR count). The molecule has 0 aliphatic carbocycles. The molecule has 1 aliphatic heterocycles. The number of pyridine rings is 1. The van der Waals surface area contributed by atoms with Gasteiger partial charge in [-0.15, -0.1) is 0 Å². The first-order valence-electron chi connectivity index (χ1n) is 8.94.